The van der Waals surface area contributed by atoms with Crippen molar-refractivity contribution in [2.45, 2.75) is 40.2 Å². The zero-order valence-electron chi connectivity index (χ0n) is 14.6. The van der Waals surface area contributed by atoms with Gasteiger partial charge in [0.2, 0.25) is 0 Å². The summed E-state index contributed by atoms with van der Waals surface area (Å²) in [6.45, 7) is 8.60. The van der Waals surface area contributed by atoms with Crippen LogP contribution in [0.3, 0.4) is 0 Å². The first-order valence-electron chi connectivity index (χ1n) is 7.94. The number of methoxy groups -OCH3 is 1. The van der Waals surface area contributed by atoms with Crippen LogP contribution in [-0.2, 0) is 6.54 Å². The molecule has 0 atom stereocenters. The first-order valence-corrected chi connectivity index (χ1v) is 7.94. The van der Waals surface area contributed by atoms with E-state index in [9.17, 15) is 5.11 Å². The summed E-state index contributed by atoms with van der Waals surface area (Å²) < 4.78 is 5.18. The lowest BCUT2D eigenvalue weighted by Gasteiger charge is -2.12. The summed E-state index contributed by atoms with van der Waals surface area (Å²) >= 11 is 0. The van der Waals surface area contributed by atoms with Crippen LogP contribution < -0.4 is 15.4 Å². The maximum absolute atomic E-state index is 9.88. The second-order valence-electron chi connectivity index (χ2n) is 5.65. The molecule has 0 radical (unpaired) electrons. The number of phenols is 1. The van der Waals surface area contributed by atoms with E-state index >= 15 is 0 Å². The summed E-state index contributed by atoms with van der Waals surface area (Å²) in [7, 11) is 1.61. The number of benzene rings is 1. The quantitative estimate of drug-likeness (QED) is 0.253. The second kappa shape index (κ2) is 12.3. The van der Waals surface area contributed by atoms with Crippen molar-refractivity contribution in [3.63, 3.8) is 0 Å². The van der Waals surface area contributed by atoms with Gasteiger partial charge in [-0.15, -0.1) is 24.0 Å². The third-order valence-corrected chi connectivity index (χ3v) is 3.29. The standard InChI is InChI=1S/C17H29N3O2.HI/c1-5-18-17(19-10-6-7-13(2)3)20-12-14-11-15(22-4)8-9-16(14)21;/h8-9,11,13,21H,5-7,10,12H2,1-4H3,(H2,18,19,20);1H. The van der Waals surface area contributed by atoms with Crippen molar-refractivity contribution >= 4 is 29.9 Å². The maximum Gasteiger partial charge on any atom is 0.191 e. The lowest BCUT2D eigenvalue weighted by molar-refractivity contribution is 0.411. The fraction of sp³-hybridized carbons (Fsp3) is 0.588. The normalized spacial score (nSPS) is 11.1. The number of phenolic OH excluding ortho intramolecular Hbond substituents is 1. The van der Waals surface area contributed by atoms with Crippen molar-refractivity contribution in [1.29, 1.82) is 0 Å². The van der Waals surface area contributed by atoms with Gasteiger partial charge in [-0.05, 0) is 43.9 Å². The van der Waals surface area contributed by atoms with Gasteiger partial charge in [0.05, 0.1) is 13.7 Å². The van der Waals surface area contributed by atoms with Gasteiger partial charge in [-0.3, -0.25) is 0 Å². The highest BCUT2D eigenvalue weighted by Gasteiger charge is 2.04. The zero-order valence-corrected chi connectivity index (χ0v) is 16.9. The van der Waals surface area contributed by atoms with Crippen molar-refractivity contribution in [3.8, 4) is 11.5 Å². The molecule has 23 heavy (non-hydrogen) atoms. The largest absolute Gasteiger partial charge is 0.508 e. The molecule has 0 fully saturated rings. The van der Waals surface area contributed by atoms with Crippen LogP contribution in [0.4, 0.5) is 0 Å². The number of guanidine groups is 1. The number of halogens is 1. The summed E-state index contributed by atoms with van der Waals surface area (Å²) in [6, 6.07) is 5.17. The Kier molecular flexibility index (Phi) is 11.6. The molecule has 1 aromatic rings. The topological polar surface area (TPSA) is 65.9 Å². The number of nitrogens with zero attached hydrogens (tertiary/aromatic N) is 1. The molecule has 6 heteroatoms. The Bertz CT molecular complexity index is 479. The molecule has 0 heterocycles. The van der Waals surface area contributed by atoms with E-state index in [-0.39, 0.29) is 29.7 Å². The molecular formula is C17H30IN3O2. The number of rotatable bonds is 8. The van der Waals surface area contributed by atoms with E-state index in [4.69, 9.17) is 4.74 Å². The van der Waals surface area contributed by atoms with Gasteiger partial charge >= 0.3 is 0 Å². The van der Waals surface area contributed by atoms with Crippen molar-refractivity contribution in [1.82, 2.24) is 10.6 Å². The average molecular weight is 435 g/mol. The zero-order chi connectivity index (χ0) is 16.4. The van der Waals surface area contributed by atoms with Gasteiger partial charge < -0.3 is 20.5 Å². The summed E-state index contributed by atoms with van der Waals surface area (Å²) in [4.78, 5) is 4.52. The van der Waals surface area contributed by atoms with E-state index in [1.165, 1.54) is 6.42 Å². The van der Waals surface area contributed by atoms with Crippen molar-refractivity contribution < 1.29 is 9.84 Å². The Balaban J connectivity index is 0.00000484. The SMILES string of the molecule is CCNC(=NCc1cc(OC)ccc1O)NCCCC(C)C.I. The second-order valence-corrected chi connectivity index (χ2v) is 5.65. The molecule has 0 aliphatic rings. The number of hydrogen-bond donors (Lipinski definition) is 3. The number of hydrogen-bond acceptors (Lipinski definition) is 3. The Hall–Kier alpha value is -1.18. The first kappa shape index (κ1) is 21.8. The smallest absolute Gasteiger partial charge is 0.191 e. The summed E-state index contributed by atoms with van der Waals surface area (Å²) in [5.74, 6) is 2.45. The monoisotopic (exact) mass is 435 g/mol. The lowest BCUT2D eigenvalue weighted by Crippen LogP contribution is -2.37. The molecule has 0 saturated carbocycles. The summed E-state index contributed by atoms with van der Waals surface area (Å²) in [5.41, 5.74) is 0.749. The van der Waals surface area contributed by atoms with E-state index in [0.29, 0.717) is 6.54 Å². The van der Waals surface area contributed by atoms with E-state index in [2.05, 4.69) is 29.5 Å². The van der Waals surface area contributed by atoms with Gasteiger partial charge in [0.1, 0.15) is 11.5 Å². The van der Waals surface area contributed by atoms with Crippen LogP contribution >= 0.6 is 24.0 Å². The Morgan fingerprint density at radius 2 is 2.04 bits per heavy atom. The number of aliphatic imine (C=N–C) groups is 1. The highest BCUT2D eigenvalue weighted by molar-refractivity contribution is 14.0. The minimum atomic E-state index is 0. The van der Waals surface area contributed by atoms with Crippen LogP contribution in [0.5, 0.6) is 11.5 Å². The molecule has 0 bridgehead atoms. The molecule has 0 aliphatic carbocycles. The van der Waals surface area contributed by atoms with E-state index in [1.54, 1.807) is 25.3 Å². The molecule has 0 aliphatic heterocycles. The first-order chi connectivity index (χ1) is 10.6. The van der Waals surface area contributed by atoms with Crippen LogP contribution in [0.15, 0.2) is 23.2 Å². The summed E-state index contributed by atoms with van der Waals surface area (Å²) in [6.07, 6.45) is 2.32. The third kappa shape index (κ3) is 8.88. The van der Waals surface area contributed by atoms with E-state index in [1.807, 2.05) is 6.92 Å². The molecule has 0 amide bonds. The fourth-order valence-corrected chi connectivity index (χ4v) is 2.04. The maximum atomic E-state index is 9.88. The molecule has 132 valence electrons. The molecule has 0 saturated heterocycles. The van der Waals surface area contributed by atoms with Gasteiger partial charge in [-0.1, -0.05) is 13.8 Å². The average Bonchev–Trinajstić information content (AvgIpc) is 2.50. The van der Waals surface area contributed by atoms with Crippen molar-refractivity contribution in [2.75, 3.05) is 20.2 Å². The van der Waals surface area contributed by atoms with Crippen LogP contribution in [0.2, 0.25) is 0 Å². The third-order valence-electron chi connectivity index (χ3n) is 3.29. The molecular weight excluding hydrogens is 405 g/mol. The fourth-order valence-electron chi connectivity index (χ4n) is 2.04. The van der Waals surface area contributed by atoms with Gasteiger partial charge in [0.25, 0.3) is 0 Å². The van der Waals surface area contributed by atoms with Crippen LogP contribution in [0, 0.1) is 5.92 Å². The predicted molar refractivity (Wildman–Crippen MR) is 107 cm³/mol. The van der Waals surface area contributed by atoms with Gasteiger partial charge in [0.15, 0.2) is 5.96 Å². The predicted octanol–water partition coefficient (Wildman–Crippen LogP) is 3.51. The minimum absolute atomic E-state index is 0. The van der Waals surface area contributed by atoms with Gasteiger partial charge in [-0.2, -0.15) is 0 Å². The lowest BCUT2D eigenvalue weighted by atomic mass is 10.1. The van der Waals surface area contributed by atoms with Crippen LogP contribution in [-0.4, -0.2) is 31.3 Å². The van der Waals surface area contributed by atoms with E-state index in [0.717, 1.165) is 42.7 Å². The highest BCUT2D eigenvalue weighted by atomic mass is 127. The molecule has 5 nitrogen and oxygen atoms in total. The van der Waals surface area contributed by atoms with E-state index < -0.39 is 0 Å². The minimum Gasteiger partial charge on any atom is -0.508 e. The molecule has 1 aromatic carbocycles. The molecule has 0 unspecified atom stereocenters. The number of nitrogens with one attached hydrogen (secondary N) is 2. The summed E-state index contributed by atoms with van der Waals surface area (Å²) in [5, 5.41) is 16.4. The number of ether oxygens (including phenoxy) is 1. The number of aromatic hydroxyl groups is 1. The Labute approximate surface area is 156 Å². The Morgan fingerprint density at radius 3 is 2.65 bits per heavy atom. The van der Waals surface area contributed by atoms with Crippen LogP contribution in [0.25, 0.3) is 0 Å². The molecule has 0 aromatic heterocycles. The van der Waals surface area contributed by atoms with Gasteiger partial charge in [0, 0.05) is 18.7 Å². The molecule has 3 N–H and O–H groups in total. The Morgan fingerprint density at radius 1 is 1.30 bits per heavy atom. The van der Waals surface area contributed by atoms with Gasteiger partial charge in [-0.25, -0.2) is 4.99 Å². The van der Waals surface area contributed by atoms with Crippen molar-refractivity contribution in [2.24, 2.45) is 10.9 Å². The molecule has 0 spiro atoms. The highest BCUT2D eigenvalue weighted by Crippen LogP contribution is 2.23. The van der Waals surface area contributed by atoms with Crippen LogP contribution in [0.1, 0.15) is 39.2 Å². The molecule has 1 rings (SSSR count). The van der Waals surface area contributed by atoms with Crippen molar-refractivity contribution in [3.05, 3.63) is 23.8 Å².